The molecule has 7 aliphatic rings. The molecule has 12 rings (SSSR count). The Morgan fingerprint density at radius 3 is 1.93 bits per heavy atom. The number of phenols is 3. The molecule has 17 atom stereocenters. The number of ether oxygens (including phenoxy) is 6. The number of amides is 7. The number of hydrogen-bond acceptors (Lipinski definition) is 25. The number of aliphatic carboxylic acids is 1. The molecular weight excluding hydrogens is 1340 g/mol. The molecule has 540 valence electrons. The van der Waals surface area contributed by atoms with Gasteiger partial charge in [0.05, 0.1) is 24.6 Å². The summed E-state index contributed by atoms with van der Waals surface area (Å²) in [6, 6.07) is -3.67. The van der Waals surface area contributed by atoms with Crippen LogP contribution < -0.4 is 62.9 Å². The van der Waals surface area contributed by atoms with Crippen LogP contribution >= 0.6 is 0 Å². The van der Waals surface area contributed by atoms with Gasteiger partial charge in [-0.1, -0.05) is 32.0 Å². The molecule has 35 heteroatoms. The van der Waals surface area contributed by atoms with Crippen LogP contribution in [0.1, 0.15) is 105 Å². The molecule has 5 aromatic carbocycles. The van der Waals surface area contributed by atoms with E-state index in [1.54, 1.807) is 13.8 Å². The van der Waals surface area contributed by atoms with Crippen LogP contribution in [-0.4, -0.2) is 186 Å². The molecule has 0 unspecified atom stereocenters. The summed E-state index contributed by atoms with van der Waals surface area (Å²) >= 11 is 0. The third kappa shape index (κ3) is 15.4. The Labute approximate surface area is 571 Å². The minimum Gasteiger partial charge on any atom is -0.508 e. The van der Waals surface area contributed by atoms with Crippen molar-refractivity contribution < 1.29 is 126 Å². The van der Waals surface area contributed by atoms with Crippen molar-refractivity contribution in [3.63, 3.8) is 0 Å². The lowest BCUT2D eigenvalue weighted by Crippen LogP contribution is -2.60. The second-order valence-corrected chi connectivity index (χ2v) is 25.5. The first-order valence-corrected chi connectivity index (χ1v) is 31.5. The van der Waals surface area contributed by atoms with E-state index >= 15 is 28.0 Å². The van der Waals surface area contributed by atoms with Crippen LogP contribution in [0.15, 0.2) is 78.9 Å². The minimum atomic E-state index is -2.47. The SMILES string of the molecule is CN[C@H](CC(C)C)C(=O)N[C@H]1C(=O)N[C@@H](CC(N)=O)C(=O)N[C@H]2C(=O)N[C@H]3C(=O)N[C@H](C(=O)N[C@H](C(=O)O)c4cc(O)cc(O)c4-c4cc3ccc4O)[C@H](O[C@H]3C[C@](C)(N)C(=O)[C@H](C)O3)c3ccc(c(F)c3)Oc3cc2cc(c3O[C@@H]2O[C@H](CO)[C@@H](O)[C@H](O)[C@H]2O)Oc2ccc(cc2F)[C@H]1O. The van der Waals surface area contributed by atoms with E-state index < -0.39 is 272 Å². The second kappa shape index (κ2) is 29.5. The maximum Gasteiger partial charge on any atom is 0.330 e. The predicted molar refractivity (Wildman–Crippen MR) is 338 cm³/mol. The molecular formula is C66H73F2N9O24. The van der Waals surface area contributed by atoms with Gasteiger partial charge in [-0.15, -0.1) is 0 Å². The number of aromatic hydroxyl groups is 3. The van der Waals surface area contributed by atoms with Gasteiger partial charge < -0.3 is 123 Å². The Balaban J connectivity index is 1.26. The van der Waals surface area contributed by atoms with Crippen molar-refractivity contribution in [1.29, 1.82) is 0 Å². The summed E-state index contributed by atoms with van der Waals surface area (Å²) in [4.78, 5) is 131. The molecule has 0 aliphatic carbocycles. The number of halogens is 2. The summed E-state index contributed by atoms with van der Waals surface area (Å²) < 4.78 is 71.6. The monoisotopic (exact) mass is 1410 g/mol. The van der Waals surface area contributed by atoms with Gasteiger partial charge in [-0.3, -0.25) is 38.4 Å². The van der Waals surface area contributed by atoms with Crippen molar-refractivity contribution in [2.45, 2.75) is 150 Å². The smallest absolute Gasteiger partial charge is 0.330 e. The number of aliphatic hydroxyl groups is 5. The van der Waals surface area contributed by atoms with Gasteiger partial charge in [0, 0.05) is 29.2 Å². The van der Waals surface area contributed by atoms with Gasteiger partial charge in [0.15, 0.2) is 52.7 Å². The summed E-state index contributed by atoms with van der Waals surface area (Å²) in [6.45, 7) is 5.16. The summed E-state index contributed by atoms with van der Waals surface area (Å²) in [6.07, 6.45) is -19.3. The first-order valence-electron chi connectivity index (χ1n) is 31.5. The summed E-state index contributed by atoms with van der Waals surface area (Å²) in [5, 5.41) is 118. The maximum atomic E-state index is 17.7. The van der Waals surface area contributed by atoms with Crippen molar-refractivity contribution in [2.24, 2.45) is 17.4 Å². The van der Waals surface area contributed by atoms with Gasteiger partial charge in [-0.2, -0.15) is 0 Å². The Bertz CT molecular complexity index is 4130. The molecule has 2 fully saturated rings. The number of carbonyl (C=O) groups is 9. The average molecular weight is 1410 g/mol. The van der Waals surface area contributed by atoms with E-state index in [4.69, 9.17) is 39.9 Å². The van der Waals surface area contributed by atoms with Crippen LogP contribution in [0.4, 0.5) is 8.78 Å². The van der Waals surface area contributed by atoms with Crippen molar-refractivity contribution in [1.82, 2.24) is 37.2 Å². The first kappa shape index (κ1) is 73.5. The minimum absolute atomic E-state index is 0.140. The molecule has 11 bridgehead atoms. The van der Waals surface area contributed by atoms with Crippen LogP contribution in [-0.2, 0) is 57.4 Å². The Morgan fingerprint density at radius 1 is 0.713 bits per heavy atom. The van der Waals surface area contributed by atoms with Gasteiger partial charge in [0.1, 0.15) is 90.2 Å². The fourth-order valence-corrected chi connectivity index (χ4v) is 12.4. The zero-order valence-corrected chi connectivity index (χ0v) is 54.2. The normalized spacial score (nSPS) is 28.7. The number of nitrogens with one attached hydrogen (secondary N) is 7. The van der Waals surface area contributed by atoms with E-state index in [0.717, 1.165) is 66.7 Å². The van der Waals surface area contributed by atoms with E-state index in [2.05, 4.69) is 37.2 Å². The van der Waals surface area contributed by atoms with Gasteiger partial charge in [-0.05, 0) is 110 Å². The Morgan fingerprint density at radius 2 is 1.33 bits per heavy atom. The Hall–Kier alpha value is -10.2. The number of rotatable bonds is 13. The molecule has 33 nitrogen and oxygen atoms in total. The molecule has 7 aliphatic heterocycles. The number of carbonyl (C=O) groups excluding carboxylic acids is 8. The average Bonchev–Trinajstić information content (AvgIpc) is 0.770. The quantitative estimate of drug-likeness (QED) is 0.0692. The van der Waals surface area contributed by atoms with Crippen LogP contribution in [0.25, 0.3) is 11.1 Å². The molecule has 0 radical (unpaired) electrons. The number of ketones is 1. The van der Waals surface area contributed by atoms with Gasteiger partial charge in [-0.25, -0.2) is 13.6 Å². The third-order valence-corrected chi connectivity index (χ3v) is 17.5. The standard InChI is InChI=1S/C66H73F2N9O24/c1-23(2)12-34(71-5)58(88)76-49-51(83)26-7-10-38(32(67)14-26)97-40-16-28-17-41(56(40)101-65-54(86)53(85)52(84)42(22-78)99-65)98-39-11-8-27(15-33(39)68)55(100-44-21-66(4,70)57(87)24(3)96-44)50-63(93)75-48(64(94)95)31-18-29(79)19-37(81)45(31)30-13-25(6-9-36(30)80)46(60(90)77-50)74-61(91)47(28)73-59(89)35(20-43(69)82)72-62(49)92/h6-11,13-19,23-24,34-35,42,44,46-55,65,71,78-81,83-86H,12,20-22,70H2,1-5H3,(H2,69,82)(H,72,92)(H,73,89)(H,74,91)(H,75,93)(H,76,88)(H,77,90)(H,94,95)/t24-,34+,35-,42+,44-,46+,47+,48-,49+,50-,51+,52+,53-,54+,55+,65-,66-/m0/s1. The van der Waals surface area contributed by atoms with Gasteiger partial charge in [0.2, 0.25) is 53.4 Å². The predicted octanol–water partition coefficient (Wildman–Crippen LogP) is -0.714. The van der Waals surface area contributed by atoms with Crippen LogP contribution in [0, 0.1) is 17.6 Å². The van der Waals surface area contributed by atoms with E-state index in [-0.39, 0.29) is 12.3 Å². The number of Topliss-reactive ketones (excluding diaryl/α,β-unsaturated/α-hetero) is 1. The van der Waals surface area contributed by atoms with Crippen molar-refractivity contribution in [3.05, 3.63) is 118 Å². The summed E-state index contributed by atoms with van der Waals surface area (Å²) in [7, 11) is 1.43. The molecule has 2 saturated heterocycles. The van der Waals surface area contributed by atoms with Crippen molar-refractivity contribution >= 4 is 53.1 Å². The van der Waals surface area contributed by atoms with E-state index in [1.165, 1.54) is 20.9 Å². The number of hydrogen-bond donors (Lipinski definition) is 18. The van der Waals surface area contributed by atoms with E-state index in [0.29, 0.717) is 12.1 Å². The molecule has 101 heavy (non-hydrogen) atoms. The van der Waals surface area contributed by atoms with Crippen molar-refractivity contribution in [3.8, 4) is 57.1 Å². The lowest BCUT2D eigenvalue weighted by molar-refractivity contribution is -0.277. The largest absolute Gasteiger partial charge is 0.508 e. The number of carboxylic acid groups (broad SMARTS) is 1. The highest BCUT2D eigenvalue weighted by Crippen LogP contribution is 2.49. The number of fused-ring (bicyclic) bond motifs is 15. The molecule has 5 aromatic rings. The van der Waals surface area contributed by atoms with Crippen LogP contribution in [0.2, 0.25) is 0 Å². The van der Waals surface area contributed by atoms with Crippen LogP contribution in [0.3, 0.4) is 0 Å². The molecule has 0 spiro atoms. The van der Waals surface area contributed by atoms with E-state index in [1.807, 2.05) is 0 Å². The number of likely N-dealkylation sites (N-methyl/N-ethyl adjacent to an activating group) is 1. The zero-order chi connectivity index (χ0) is 73.5. The fraction of sp³-hybridized carbons (Fsp3) is 0.409. The molecule has 7 heterocycles. The highest BCUT2D eigenvalue weighted by atomic mass is 19.1. The molecule has 0 saturated carbocycles. The first-order chi connectivity index (χ1) is 47.7. The summed E-state index contributed by atoms with van der Waals surface area (Å²) in [5.74, 6) is -22.0. The van der Waals surface area contributed by atoms with Gasteiger partial charge >= 0.3 is 5.97 Å². The highest BCUT2D eigenvalue weighted by Gasteiger charge is 2.49. The lowest BCUT2D eigenvalue weighted by atomic mass is 9.88. The Kier molecular flexibility index (Phi) is 21.5. The summed E-state index contributed by atoms with van der Waals surface area (Å²) in [5.41, 5.74) is 6.71. The molecule has 20 N–H and O–H groups in total. The zero-order valence-electron chi connectivity index (χ0n) is 54.2. The lowest BCUT2D eigenvalue weighted by Gasteiger charge is -2.40. The fourth-order valence-electron chi connectivity index (χ4n) is 12.4. The number of nitrogens with two attached hydrogens (primary N) is 2. The topological polar surface area (TPSA) is 527 Å². The van der Waals surface area contributed by atoms with Crippen molar-refractivity contribution in [2.75, 3.05) is 13.7 Å². The number of benzene rings is 5. The number of primary amides is 1. The number of phenolic OH excluding ortho intramolecular Hbond substituents is 3. The van der Waals surface area contributed by atoms with Crippen LogP contribution in [0.5, 0.6) is 46.0 Å². The van der Waals surface area contributed by atoms with Gasteiger partial charge in [0.25, 0.3) is 0 Å². The molecule has 0 aromatic heterocycles. The van der Waals surface area contributed by atoms with E-state index in [9.17, 15) is 69.9 Å². The maximum absolute atomic E-state index is 17.7. The highest BCUT2D eigenvalue weighted by molar-refractivity contribution is 6.00. The second-order valence-electron chi connectivity index (χ2n) is 25.5. The third-order valence-electron chi connectivity index (χ3n) is 17.5. The molecule has 7 amide bonds. The number of aliphatic hydroxyl groups excluding tert-OH is 5. The number of carboxylic acids is 1.